The van der Waals surface area contributed by atoms with Crippen molar-refractivity contribution >= 4 is 21.9 Å². The Morgan fingerprint density at radius 1 is 1.11 bits per heavy atom. The van der Waals surface area contributed by atoms with Gasteiger partial charge < -0.3 is 5.11 Å². The van der Waals surface area contributed by atoms with Crippen LogP contribution in [-0.2, 0) is 11.0 Å². The fourth-order valence-electron chi connectivity index (χ4n) is 4.97. The van der Waals surface area contributed by atoms with E-state index in [-0.39, 0.29) is 17.7 Å². The molecule has 10 heteroatoms. The second-order valence-electron chi connectivity index (χ2n) is 10.2. The highest BCUT2D eigenvalue weighted by Gasteiger charge is 2.40. The Hall–Kier alpha value is -3.08. The first-order valence-corrected chi connectivity index (χ1v) is 13.4. The molecule has 4 aromatic rings. The molecular weight excluding hydrogens is 496 g/mol. The highest BCUT2D eigenvalue weighted by Crippen LogP contribution is 2.42. The smallest absolute Gasteiger partial charge is 0.280 e. The van der Waals surface area contributed by atoms with Gasteiger partial charge in [-0.2, -0.15) is 5.10 Å². The second-order valence-corrected chi connectivity index (χ2v) is 11.8. The lowest BCUT2D eigenvalue weighted by Crippen LogP contribution is -2.41. The zero-order chi connectivity index (χ0) is 26.3. The van der Waals surface area contributed by atoms with Crippen LogP contribution in [0, 0.1) is 5.92 Å². The number of pyridine rings is 2. The first-order valence-electron chi connectivity index (χ1n) is 12.2. The van der Waals surface area contributed by atoms with Crippen molar-refractivity contribution in [3.05, 3.63) is 72.2 Å². The Morgan fingerprint density at radius 2 is 1.84 bits per heavy atom. The molecule has 5 rings (SSSR count). The number of aromatic nitrogens is 4. The molecule has 1 fully saturated rings. The van der Waals surface area contributed by atoms with Crippen molar-refractivity contribution in [1.82, 2.24) is 19.7 Å². The zero-order valence-corrected chi connectivity index (χ0v) is 21.4. The van der Waals surface area contributed by atoms with Gasteiger partial charge in [-0.05, 0) is 69.4 Å². The Balaban J connectivity index is 1.53. The summed E-state index contributed by atoms with van der Waals surface area (Å²) in [5.74, 6) is 0.475. The summed E-state index contributed by atoms with van der Waals surface area (Å²) in [6, 6.07) is 16.0. The minimum atomic E-state index is -2.67. The van der Waals surface area contributed by atoms with Gasteiger partial charge in [-0.25, -0.2) is 22.7 Å². The Morgan fingerprint density at radius 3 is 2.54 bits per heavy atom. The number of alkyl halides is 2. The standard InChI is InChI=1S/C27H29F2N5O2S/c1-27(2,37(30)36)20(13-16-11-19(35)12-16)22-6-3-5-21(32-22)17-9-10-18-15-31-34(24(18)14-17)25-8-4-7-23(33-25)26(28)29/h3-10,14-16,19-20,26,35H,11-13,30H2,1-2H3/t16?,19?,20-,37?/m0/s1. The number of aliphatic hydroxyl groups is 1. The zero-order valence-electron chi connectivity index (χ0n) is 20.6. The van der Waals surface area contributed by atoms with Crippen molar-refractivity contribution in [2.75, 3.05) is 0 Å². The summed E-state index contributed by atoms with van der Waals surface area (Å²) in [5, 5.41) is 20.9. The van der Waals surface area contributed by atoms with Crippen molar-refractivity contribution in [1.29, 1.82) is 0 Å². The van der Waals surface area contributed by atoms with Crippen LogP contribution in [0.5, 0.6) is 0 Å². The van der Waals surface area contributed by atoms with Crippen LogP contribution in [0.4, 0.5) is 8.78 Å². The molecule has 3 N–H and O–H groups in total. The van der Waals surface area contributed by atoms with Crippen molar-refractivity contribution in [2.24, 2.45) is 11.1 Å². The maximum atomic E-state index is 13.2. The van der Waals surface area contributed by atoms with Gasteiger partial charge in [0.1, 0.15) is 5.69 Å². The van der Waals surface area contributed by atoms with E-state index in [1.807, 2.05) is 50.2 Å². The van der Waals surface area contributed by atoms with Crippen molar-refractivity contribution in [3.63, 3.8) is 0 Å². The first-order chi connectivity index (χ1) is 17.6. The Kier molecular flexibility index (Phi) is 6.91. The van der Waals surface area contributed by atoms with Crippen LogP contribution < -0.4 is 5.14 Å². The maximum Gasteiger partial charge on any atom is 0.280 e. The summed E-state index contributed by atoms with van der Waals surface area (Å²) < 4.78 is 39.7. The highest BCUT2D eigenvalue weighted by molar-refractivity contribution is 7.84. The van der Waals surface area contributed by atoms with E-state index in [1.165, 1.54) is 12.1 Å². The third-order valence-corrected chi connectivity index (χ3v) is 8.65. The predicted molar refractivity (Wildman–Crippen MR) is 140 cm³/mol. The molecule has 194 valence electrons. The summed E-state index contributed by atoms with van der Waals surface area (Å²) in [7, 11) is -1.58. The van der Waals surface area contributed by atoms with Crippen LogP contribution in [-0.4, -0.2) is 39.9 Å². The van der Waals surface area contributed by atoms with E-state index < -0.39 is 22.2 Å². The van der Waals surface area contributed by atoms with E-state index >= 15 is 0 Å². The van der Waals surface area contributed by atoms with Gasteiger partial charge in [0, 0.05) is 22.6 Å². The number of fused-ring (bicyclic) bond motifs is 1. The highest BCUT2D eigenvalue weighted by atomic mass is 32.2. The molecule has 1 saturated carbocycles. The van der Waals surface area contributed by atoms with Gasteiger partial charge in [0.05, 0.1) is 39.2 Å². The normalized spacial score (nSPS) is 19.6. The number of nitrogens with zero attached hydrogens (tertiary/aromatic N) is 4. The van der Waals surface area contributed by atoms with E-state index in [1.54, 1.807) is 16.9 Å². The lowest BCUT2D eigenvalue weighted by Gasteiger charge is -2.39. The van der Waals surface area contributed by atoms with E-state index in [2.05, 4.69) is 10.1 Å². The molecule has 1 aliphatic rings. The van der Waals surface area contributed by atoms with E-state index in [4.69, 9.17) is 10.1 Å². The molecule has 1 unspecified atom stereocenters. The fraction of sp³-hybridized carbons (Fsp3) is 0.370. The molecule has 37 heavy (non-hydrogen) atoms. The van der Waals surface area contributed by atoms with Crippen LogP contribution in [0.25, 0.3) is 28.0 Å². The van der Waals surface area contributed by atoms with E-state index in [0.717, 1.165) is 41.6 Å². The third-order valence-electron chi connectivity index (χ3n) is 7.33. The van der Waals surface area contributed by atoms with Gasteiger partial charge in [-0.3, -0.25) is 10.1 Å². The van der Waals surface area contributed by atoms with Gasteiger partial charge in [-0.15, -0.1) is 0 Å². The second kappa shape index (κ2) is 10.00. The first kappa shape index (κ1) is 25.6. The van der Waals surface area contributed by atoms with Gasteiger partial charge in [-0.1, -0.05) is 24.3 Å². The van der Waals surface area contributed by atoms with Gasteiger partial charge in [0.2, 0.25) is 0 Å². The molecule has 0 bridgehead atoms. The molecule has 1 aromatic carbocycles. The summed E-state index contributed by atoms with van der Waals surface area (Å²) in [4.78, 5) is 9.03. The Bertz CT molecular complexity index is 1450. The van der Waals surface area contributed by atoms with E-state index in [9.17, 15) is 18.1 Å². The average Bonchev–Trinajstić information content (AvgIpc) is 3.29. The minimum Gasteiger partial charge on any atom is -0.393 e. The van der Waals surface area contributed by atoms with Crippen molar-refractivity contribution in [3.8, 4) is 17.1 Å². The average molecular weight is 526 g/mol. The number of rotatable bonds is 8. The Labute approximate surface area is 216 Å². The molecule has 0 saturated heterocycles. The quantitative estimate of drug-likeness (QED) is 0.334. The van der Waals surface area contributed by atoms with Crippen LogP contribution in [0.1, 0.15) is 56.8 Å². The monoisotopic (exact) mass is 525 g/mol. The minimum absolute atomic E-state index is 0.161. The van der Waals surface area contributed by atoms with Crippen LogP contribution >= 0.6 is 0 Å². The summed E-state index contributed by atoms with van der Waals surface area (Å²) in [6.45, 7) is 3.78. The van der Waals surface area contributed by atoms with Crippen molar-refractivity contribution in [2.45, 2.75) is 56.3 Å². The molecule has 3 aromatic heterocycles. The molecule has 3 heterocycles. The molecule has 0 aliphatic heterocycles. The topological polar surface area (TPSA) is 107 Å². The summed E-state index contributed by atoms with van der Waals surface area (Å²) in [5.41, 5.74) is 2.75. The third kappa shape index (κ3) is 5.05. The number of hydrogen-bond donors (Lipinski definition) is 2. The van der Waals surface area contributed by atoms with E-state index in [0.29, 0.717) is 17.3 Å². The lowest BCUT2D eigenvalue weighted by molar-refractivity contribution is 0.0342. The van der Waals surface area contributed by atoms with Gasteiger partial charge in [0.15, 0.2) is 5.82 Å². The molecule has 7 nitrogen and oxygen atoms in total. The van der Waals surface area contributed by atoms with Crippen LogP contribution in [0.15, 0.2) is 60.8 Å². The van der Waals surface area contributed by atoms with Crippen LogP contribution in [0.2, 0.25) is 0 Å². The molecule has 1 aliphatic carbocycles. The number of aliphatic hydroxyl groups excluding tert-OH is 1. The van der Waals surface area contributed by atoms with Crippen LogP contribution in [0.3, 0.4) is 0 Å². The number of nitrogens with two attached hydrogens (primary N) is 1. The summed E-state index contributed by atoms with van der Waals surface area (Å²) >= 11 is 0. The predicted octanol–water partition coefficient (Wildman–Crippen LogP) is 5.07. The molecular formula is C27H29F2N5O2S. The molecule has 0 spiro atoms. The van der Waals surface area contributed by atoms with Gasteiger partial charge >= 0.3 is 0 Å². The fourth-order valence-corrected chi connectivity index (χ4v) is 5.47. The maximum absolute atomic E-state index is 13.2. The SMILES string of the molecule is CC(C)([C@@H](CC1CC(O)C1)c1cccc(-c2ccc3cnn(-c4cccc(C(F)F)n4)c3c2)n1)S(N)=O. The largest absolute Gasteiger partial charge is 0.393 e. The number of hydrogen-bond acceptors (Lipinski definition) is 5. The number of halogens is 2. The number of benzene rings is 1. The van der Waals surface area contributed by atoms with Crippen molar-refractivity contribution < 1.29 is 18.1 Å². The molecule has 0 radical (unpaired) electrons. The molecule has 0 amide bonds. The molecule has 2 atom stereocenters. The summed E-state index contributed by atoms with van der Waals surface area (Å²) in [6.07, 6.45) is 0.912. The lowest BCUT2D eigenvalue weighted by atomic mass is 9.73. The van der Waals surface area contributed by atoms with Gasteiger partial charge in [0.25, 0.3) is 6.43 Å².